The predicted octanol–water partition coefficient (Wildman–Crippen LogP) is 5.67. The Hall–Kier alpha value is -2.72. The quantitative estimate of drug-likeness (QED) is 0.629. The summed E-state index contributed by atoms with van der Waals surface area (Å²) in [6.07, 6.45) is 8.56. The van der Waals surface area contributed by atoms with Crippen LogP contribution in [0.1, 0.15) is 48.3 Å². The molecule has 2 bridgehead atoms. The maximum atomic E-state index is 10.5. The van der Waals surface area contributed by atoms with Crippen LogP contribution in [0, 0.1) is 5.92 Å². The fourth-order valence-electron chi connectivity index (χ4n) is 5.95. The Labute approximate surface area is 170 Å². The third-order valence-electron chi connectivity index (χ3n) is 7.16. The summed E-state index contributed by atoms with van der Waals surface area (Å²) in [5.41, 5.74) is 3.67. The van der Waals surface area contributed by atoms with Crippen LogP contribution in [0.2, 0.25) is 0 Å². The molecule has 0 spiro atoms. The number of hydrogen-bond acceptors (Lipinski definition) is 4. The van der Waals surface area contributed by atoms with Gasteiger partial charge in [-0.3, -0.25) is 4.90 Å². The van der Waals surface area contributed by atoms with Crippen LogP contribution in [0.3, 0.4) is 0 Å². The molecule has 0 amide bonds. The van der Waals surface area contributed by atoms with E-state index in [2.05, 4.69) is 29.2 Å². The van der Waals surface area contributed by atoms with E-state index in [0.717, 1.165) is 17.9 Å². The Balaban J connectivity index is 1.35. The zero-order valence-electron chi connectivity index (χ0n) is 16.3. The van der Waals surface area contributed by atoms with Gasteiger partial charge in [0.05, 0.1) is 12.5 Å². The lowest BCUT2D eigenvalue weighted by Gasteiger charge is -2.43. The second-order valence-electron chi connectivity index (χ2n) is 8.73. The van der Waals surface area contributed by atoms with E-state index in [1.807, 2.05) is 24.5 Å². The van der Waals surface area contributed by atoms with Crippen LogP contribution in [0.4, 0.5) is 0 Å². The van der Waals surface area contributed by atoms with Gasteiger partial charge in [-0.2, -0.15) is 0 Å². The van der Waals surface area contributed by atoms with E-state index in [1.54, 1.807) is 12.3 Å². The lowest BCUT2D eigenvalue weighted by atomic mass is 9.72. The van der Waals surface area contributed by atoms with E-state index >= 15 is 0 Å². The zero-order chi connectivity index (χ0) is 19.4. The van der Waals surface area contributed by atoms with E-state index in [9.17, 15) is 5.11 Å². The van der Waals surface area contributed by atoms with Crippen molar-refractivity contribution in [3.05, 3.63) is 77.7 Å². The molecule has 3 aliphatic heterocycles. The molecule has 0 aliphatic carbocycles. The lowest BCUT2D eigenvalue weighted by Crippen LogP contribution is -2.43. The van der Waals surface area contributed by atoms with Gasteiger partial charge in [0.25, 0.3) is 0 Å². The summed E-state index contributed by atoms with van der Waals surface area (Å²) in [5.74, 6) is 2.60. The third kappa shape index (κ3) is 2.77. The van der Waals surface area contributed by atoms with Crippen molar-refractivity contribution in [1.82, 2.24) is 4.90 Å². The highest BCUT2D eigenvalue weighted by atomic mass is 16.5. The van der Waals surface area contributed by atoms with Gasteiger partial charge in [-0.25, -0.2) is 0 Å². The van der Waals surface area contributed by atoms with E-state index < -0.39 is 0 Å². The summed E-state index contributed by atoms with van der Waals surface area (Å²) in [6.45, 7) is 0.986. The Morgan fingerprint density at radius 1 is 0.931 bits per heavy atom. The molecule has 4 nitrogen and oxygen atoms in total. The number of benzene rings is 2. The van der Waals surface area contributed by atoms with Gasteiger partial charge in [-0.1, -0.05) is 30.3 Å². The number of hydrogen-bond donors (Lipinski definition) is 1. The minimum Gasteiger partial charge on any atom is -0.504 e. The maximum absolute atomic E-state index is 10.5. The number of fused-ring (bicyclic) bond motifs is 4. The summed E-state index contributed by atoms with van der Waals surface area (Å²) >= 11 is 0. The van der Waals surface area contributed by atoms with Crippen LogP contribution in [-0.4, -0.2) is 22.1 Å². The Bertz CT molecular complexity index is 1010. The van der Waals surface area contributed by atoms with E-state index in [-0.39, 0.29) is 11.7 Å². The molecule has 0 saturated carbocycles. The predicted molar refractivity (Wildman–Crippen MR) is 110 cm³/mol. The molecular formula is C25H25NO3. The number of phenolic OH excluding ortho intramolecular Hbond substituents is 1. The van der Waals surface area contributed by atoms with Crippen LogP contribution in [-0.2, 0) is 6.54 Å². The smallest absolute Gasteiger partial charge is 0.172 e. The first-order valence-corrected chi connectivity index (χ1v) is 10.6. The molecule has 3 aromatic rings. The number of furan rings is 1. The summed E-state index contributed by atoms with van der Waals surface area (Å²) in [4.78, 5) is 2.69. The van der Waals surface area contributed by atoms with Crippen molar-refractivity contribution >= 4 is 0 Å². The normalized spacial score (nSPS) is 27.9. The van der Waals surface area contributed by atoms with Crippen molar-refractivity contribution in [1.29, 1.82) is 0 Å². The Morgan fingerprint density at radius 3 is 2.52 bits per heavy atom. The van der Waals surface area contributed by atoms with Crippen molar-refractivity contribution in [2.45, 2.75) is 50.2 Å². The van der Waals surface area contributed by atoms with Gasteiger partial charge in [0.2, 0.25) is 0 Å². The fraction of sp³-hybridized carbons (Fsp3) is 0.360. The summed E-state index contributed by atoms with van der Waals surface area (Å²) in [5, 5.41) is 10.5. The van der Waals surface area contributed by atoms with Gasteiger partial charge in [0.1, 0.15) is 5.75 Å². The molecule has 3 atom stereocenters. The average molecular weight is 387 g/mol. The molecule has 3 aliphatic rings. The second kappa shape index (κ2) is 6.67. The van der Waals surface area contributed by atoms with Gasteiger partial charge >= 0.3 is 0 Å². The molecule has 3 unspecified atom stereocenters. The van der Waals surface area contributed by atoms with Crippen molar-refractivity contribution < 1.29 is 14.3 Å². The van der Waals surface area contributed by atoms with Gasteiger partial charge in [0.15, 0.2) is 11.5 Å². The van der Waals surface area contributed by atoms with Crippen molar-refractivity contribution in [2.75, 3.05) is 0 Å². The topological polar surface area (TPSA) is 45.8 Å². The highest BCUT2D eigenvalue weighted by Crippen LogP contribution is 2.54. The minimum absolute atomic E-state index is 0.238. The molecule has 6 rings (SSSR count). The van der Waals surface area contributed by atoms with Crippen LogP contribution in [0.15, 0.2) is 65.5 Å². The Kier molecular flexibility index (Phi) is 3.95. The van der Waals surface area contributed by atoms with E-state index in [1.165, 1.54) is 36.8 Å². The van der Waals surface area contributed by atoms with E-state index in [0.29, 0.717) is 23.8 Å². The van der Waals surface area contributed by atoms with Gasteiger partial charge in [-0.15, -0.1) is 0 Å². The van der Waals surface area contributed by atoms with Gasteiger partial charge in [-0.05, 0) is 49.8 Å². The summed E-state index contributed by atoms with van der Waals surface area (Å²) in [6, 6.07) is 17.5. The standard InChI is InChI=1S/C25H25NO3/c27-22-6-3-5-21-24(20-4-1-2-7-23(20)29-25(21)22)17-12-18-8-9-19(13-17)26(18)14-16-10-11-28-15-16/h1-7,10-11,15,17-19,24,27H,8-9,12-14H2. The zero-order valence-corrected chi connectivity index (χ0v) is 16.3. The molecular weight excluding hydrogens is 362 g/mol. The van der Waals surface area contributed by atoms with Crippen LogP contribution >= 0.6 is 0 Å². The monoisotopic (exact) mass is 387 g/mol. The first kappa shape index (κ1) is 17.2. The number of phenols is 1. The molecule has 2 aromatic carbocycles. The van der Waals surface area contributed by atoms with Crippen molar-refractivity contribution in [3.63, 3.8) is 0 Å². The number of rotatable bonds is 3. The molecule has 4 heterocycles. The summed E-state index contributed by atoms with van der Waals surface area (Å²) in [7, 11) is 0. The SMILES string of the molecule is Oc1cccc2c1Oc1ccccc1C2C1CC2CCC(C1)N2Cc1ccoc1. The van der Waals surface area contributed by atoms with Crippen molar-refractivity contribution in [2.24, 2.45) is 5.92 Å². The molecule has 1 aromatic heterocycles. The molecule has 148 valence electrons. The number of nitrogens with zero attached hydrogens (tertiary/aromatic N) is 1. The molecule has 2 fully saturated rings. The molecule has 0 radical (unpaired) electrons. The van der Waals surface area contributed by atoms with Crippen LogP contribution in [0.5, 0.6) is 17.2 Å². The van der Waals surface area contributed by atoms with Gasteiger partial charge < -0.3 is 14.3 Å². The molecule has 4 heteroatoms. The first-order chi connectivity index (χ1) is 14.3. The average Bonchev–Trinajstić information content (AvgIpc) is 3.32. The Morgan fingerprint density at radius 2 is 1.72 bits per heavy atom. The van der Waals surface area contributed by atoms with Crippen molar-refractivity contribution in [3.8, 4) is 17.2 Å². The lowest BCUT2D eigenvalue weighted by molar-refractivity contribution is 0.0886. The van der Waals surface area contributed by atoms with E-state index in [4.69, 9.17) is 9.15 Å². The van der Waals surface area contributed by atoms with Crippen LogP contribution in [0.25, 0.3) is 0 Å². The number of ether oxygens (including phenoxy) is 1. The third-order valence-corrected chi connectivity index (χ3v) is 7.16. The van der Waals surface area contributed by atoms with Gasteiger partial charge in [0, 0.05) is 41.2 Å². The largest absolute Gasteiger partial charge is 0.504 e. The number of aromatic hydroxyl groups is 1. The number of para-hydroxylation sites is 2. The highest BCUT2D eigenvalue weighted by molar-refractivity contribution is 5.58. The molecule has 29 heavy (non-hydrogen) atoms. The number of piperidine rings is 1. The highest BCUT2D eigenvalue weighted by Gasteiger charge is 2.45. The minimum atomic E-state index is 0.238. The fourth-order valence-corrected chi connectivity index (χ4v) is 5.95. The summed E-state index contributed by atoms with van der Waals surface area (Å²) < 4.78 is 11.4. The molecule has 1 N–H and O–H groups in total. The maximum Gasteiger partial charge on any atom is 0.172 e. The molecule has 2 saturated heterocycles. The van der Waals surface area contributed by atoms with Crippen LogP contribution < -0.4 is 4.74 Å². The first-order valence-electron chi connectivity index (χ1n) is 10.6. The second-order valence-corrected chi connectivity index (χ2v) is 8.73.